The molecular formula is C18H20N2O4. The molecule has 0 saturated carbocycles. The molecule has 0 bridgehead atoms. The Morgan fingerprint density at radius 1 is 1.00 bits per heavy atom. The zero-order valence-electron chi connectivity index (χ0n) is 13.9. The van der Waals surface area contributed by atoms with Crippen LogP contribution >= 0.6 is 0 Å². The molecule has 0 spiro atoms. The van der Waals surface area contributed by atoms with Gasteiger partial charge >= 0.3 is 0 Å². The fourth-order valence-corrected chi connectivity index (χ4v) is 2.07. The Morgan fingerprint density at radius 2 is 1.71 bits per heavy atom. The maximum atomic E-state index is 12.0. The number of anilines is 1. The number of benzene rings is 2. The van der Waals surface area contributed by atoms with Gasteiger partial charge in [0, 0.05) is 11.6 Å². The minimum absolute atomic E-state index is 0.146. The number of carbonyl (C=O) groups excluding carboxylic acids is 2. The summed E-state index contributed by atoms with van der Waals surface area (Å²) >= 11 is 0. The zero-order chi connectivity index (χ0) is 17.5. The first-order valence-corrected chi connectivity index (χ1v) is 7.40. The van der Waals surface area contributed by atoms with E-state index in [0.29, 0.717) is 22.7 Å². The Hall–Kier alpha value is -3.02. The number of methoxy groups -OCH3 is 2. The topological polar surface area (TPSA) is 76.7 Å². The smallest absolute Gasteiger partial charge is 0.251 e. The Balaban J connectivity index is 1.96. The van der Waals surface area contributed by atoms with Crippen LogP contribution in [-0.2, 0) is 4.79 Å². The lowest BCUT2D eigenvalue weighted by atomic mass is 10.1. The molecule has 2 rings (SSSR count). The maximum absolute atomic E-state index is 12.0. The van der Waals surface area contributed by atoms with Crippen molar-refractivity contribution in [1.82, 2.24) is 5.32 Å². The molecule has 0 aliphatic carbocycles. The molecule has 0 aliphatic heterocycles. The molecule has 0 heterocycles. The molecule has 0 radical (unpaired) electrons. The van der Waals surface area contributed by atoms with Gasteiger partial charge in [-0.3, -0.25) is 9.59 Å². The van der Waals surface area contributed by atoms with Gasteiger partial charge in [0.05, 0.1) is 26.5 Å². The Kier molecular flexibility index (Phi) is 5.78. The lowest BCUT2D eigenvalue weighted by Crippen LogP contribution is -2.32. The van der Waals surface area contributed by atoms with Gasteiger partial charge in [-0.15, -0.1) is 0 Å². The fraction of sp³-hybridized carbons (Fsp3) is 0.222. The number of hydrogen-bond acceptors (Lipinski definition) is 4. The van der Waals surface area contributed by atoms with Crippen molar-refractivity contribution in [3.8, 4) is 11.5 Å². The van der Waals surface area contributed by atoms with Gasteiger partial charge in [0.25, 0.3) is 5.91 Å². The molecule has 0 fully saturated rings. The van der Waals surface area contributed by atoms with Gasteiger partial charge in [0.1, 0.15) is 11.5 Å². The standard InChI is InChI=1S/C18H20N2O4/c1-12-4-6-13(7-5-12)18(22)19-11-17(21)20-15-10-14(23-2)8-9-16(15)24-3/h4-10H,11H2,1-3H3,(H,19,22)(H,20,21). The summed E-state index contributed by atoms with van der Waals surface area (Å²) in [4.78, 5) is 24.0. The number of nitrogens with one attached hydrogen (secondary N) is 2. The summed E-state index contributed by atoms with van der Waals surface area (Å²) < 4.78 is 10.3. The highest BCUT2D eigenvalue weighted by Crippen LogP contribution is 2.28. The van der Waals surface area contributed by atoms with Crippen LogP contribution in [0.1, 0.15) is 15.9 Å². The Labute approximate surface area is 140 Å². The highest BCUT2D eigenvalue weighted by atomic mass is 16.5. The van der Waals surface area contributed by atoms with E-state index in [0.717, 1.165) is 5.56 Å². The van der Waals surface area contributed by atoms with E-state index in [-0.39, 0.29) is 18.4 Å². The summed E-state index contributed by atoms with van der Waals surface area (Å²) in [6, 6.07) is 12.2. The second-order valence-electron chi connectivity index (χ2n) is 5.16. The van der Waals surface area contributed by atoms with Gasteiger partial charge in [0.15, 0.2) is 0 Å². The average Bonchev–Trinajstić information content (AvgIpc) is 2.60. The van der Waals surface area contributed by atoms with Crippen LogP contribution in [0.15, 0.2) is 42.5 Å². The molecule has 2 aromatic rings. The SMILES string of the molecule is COc1ccc(OC)c(NC(=O)CNC(=O)c2ccc(C)cc2)c1. The highest BCUT2D eigenvalue weighted by molar-refractivity contribution is 5.99. The number of carbonyl (C=O) groups is 2. The van der Waals surface area contributed by atoms with Crippen LogP contribution in [0.5, 0.6) is 11.5 Å². The molecule has 0 saturated heterocycles. The third kappa shape index (κ3) is 4.49. The van der Waals surface area contributed by atoms with Crippen molar-refractivity contribution in [1.29, 1.82) is 0 Å². The van der Waals surface area contributed by atoms with E-state index in [4.69, 9.17) is 9.47 Å². The summed E-state index contributed by atoms with van der Waals surface area (Å²) in [7, 11) is 3.05. The maximum Gasteiger partial charge on any atom is 0.251 e. The lowest BCUT2D eigenvalue weighted by Gasteiger charge is -2.12. The van der Waals surface area contributed by atoms with E-state index in [1.807, 2.05) is 19.1 Å². The van der Waals surface area contributed by atoms with Gasteiger partial charge < -0.3 is 20.1 Å². The zero-order valence-corrected chi connectivity index (χ0v) is 13.9. The van der Waals surface area contributed by atoms with Gasteiger partial charge in [-0.2, -0.15) is 0 Å². The van der Waals surface area contributed by atoms with E-state index >= 15 is 0 Å². The minimum atomic E-state index is -0.359. The van der Waals surface area contributed by atoms with E-state index in [9.17, 15) is 9.59 Å². The van der Waals surface area contributed by atoms with Crippen LogP contribution in [-0.4, -0.2) is 32.6 Å². The summed E-state index contributed by atoms with van der Waals surface area (Å²) in [5.74, 6) is 0.438. The van der Waals surface area contributed by atoms with Crippen molar-refractivity contribution in [2.75, 3.05) is 26.1 Å². The van der Waals surface area contributed by atoms with Gasteiger partial charge in [-0.05, 0) is 31.2 Å². The second kappa shape index (κ2) is 8.01. The molecule has 24 heavy (non-hydrogen) atoms. The molecule has 2 aromatic carbocycles. The van der Waals surface area contributed by atoms with E-state index in [1.165, 1.54) is 14.2 Å². The Bertz CT molecular complexity index is 726. The first kappa shape index (κ1) is 17.3. The van der Waals surface area contributed by atoms with Crippen molar-refractivity contribution in [3.05, 3.63) is 53.6 Å². The van der Waals surface area contributed by atoms with Crippen LogP contribution in [0.4, 0.5) is 5.69 Å². The number of amides is 2. The van der Waals surface area contributed by atoms with Crippen molar-refractivity contribution in [3.63, 3.8) is 0 Å². The van der Waals surface area contributed by atoms with E-state index < -0.39 is 0 Å². The molecule has 0 aliphatic rings. The monoisotopic (exact) mass is 328 g/mol. The Morgan fingerprint density at radius 3 is 2.33 bits per heavy atom. The molecule has 6 nitrogen and oxygen atoms in total. The third-order valence-electron chi connectivity index (χ3n) is 3.40. The predicted molar refractivity (Wildman–Crippen MR) is 91.7 cm³/mol. The van der Waals surface area contributed by atoms with Crippen molar-refractivity contribution >= 4 is 17.5 Å². The van der Waals surface area contributed by atoms with E-state index in [2.05, 4.69) is 10.6 Å². The van der Waals surface area contributed by atoms with Gasteiger partial charge in [0.2, 0.25) is 5.91 Å². The molecule has 6 heteroatoms. The molecule has 2 amide bonds. The van der Waals surface area contributed by atoms with Crippen LogP contribution in [0.3, 0.4) is 0 Å². The lowest BCUT2D eigenvalue weighted by molar-refractivity contribution is -0.115. The first-order valence-electron chi connectivity index (χ1n) is 7.40. The number of ether oxygens (including phenoxy) is 2. The van der Waals surface area contributed by atoms with Crippen molar-refractivity contribution in [2.45, 2.75) is 6.92 Å². The number of aryl methyl sites for hydroxylation is 1. The second-order valence-corrected chi connectivity index (χ2v) is 5.16. The van der Waals surface area contributed by atoms with E-state index in [1.54, 1.807) is 30.3 Å². The molecule has 2 N–H and O–H groups in total. The largest absolute Gasteiger partial charge is 0.497 e. The summed E-state index contributed by atoms with van der Waals surface area (Å²) in [5, 5.41) is 5.27. The summed E-state index contributed by atoms with van der Waals surface area (Å²) in [5.41, 5.74) is 2.05. The normalized spacial score (nSPS) is 9.96. The third-order valence-corrected chi connectivity index (χ3v) is 3.40. The molecule has 0 unspecified atom stereocenters. The van der Waals surface area contributed by atoms with Crippen molar-refractivity contribution < 1.29 is 19.1 Å². The van der Waals surface area contributed by atoms with Crippen LogP contribution in [0.25, 0.3) is 0 Å². The quantitative estimate of drug-likeness (QED) is 0.853. The fourth-order valence-electron chi connectivity index (χ4n) is 2.07. The van der Waals surface area contributed by atoms with Crippen LogP contribution in [0.2, 0.25) is 0 Å². The molecule has 0 atom stereocenters. The molecule has 126 valence electrons. The first-order chi connectivity index (χ1) is 11.5. The molecule has 0 aromatic heterocycles. The number of hydrogen-bond donors (Lipinski definition) is 2. The van der Waals surface area contributed by atoms with Gasteiger partial charge in [-0.1, -0.05) is 17.7 Å². The average molecular weight is 328 g/mol. The molecular weight excluding hydrogens is 308 g/mol. The van der Waals surface area contributed by atoms with Crippen LogP contribution in [0, 0.1) is 6.92 Å². The summed E-state index contributed by atoms with van der Waals surface area (Å²) in [6.07, 6.45) is 0. The minimum Gasteiger partial charge on any atom is -0.497 e. The van der Waals surface area contributed by atoms with Gasteiger partial charge in [-0.25, -0.2) is 0 Å². The van der Waals surface area contributed by atoms with Crippen molar-refractivity contribution in [2.24, 2.45) is 0 Å². The summed E-state index contributed by atoms with van der Waals surface area (Å²) in [6.45, 7) is 1.80. The predicted octanol–water partition coefficient (Wildman–Crippen LogP) is 2.38. The number of rotatable bonds is 6. The van der Waals surface area contributed by atoms with Crippen LogP contribution < -0.4 is 20.1 Å². The highest BCUT2D eigenvalue weighted by Gasteiger charge is 2.11.